The molecule has 0 aliphatic heterocycles. The number of hydrogen-bond donors (Lipinski definition) is 0. The third-order valence-corrected chi connectivity index (χ3v) is 7.21. The number of ether oxygens (including phenoxy) is 1. The second-order valence-corrected chi connectivity index (χ2v) is 10.4. The molecule has 2 atom stereocenters. The van der Waals surface area contributed by atoms with Crippen molar-refractivity contribution in [1.82, 2.24) is 0 Å². The Hall–Kier alpha value is -1.31. The van der Waals surface area contributed by atoms with E-state index in [0.29, 0.717) is 0 Å². The van der Waals surface area contributed by atoms with Crippen LogP contribution in [0.5, 0.6) is 0 Å². The highest BCUT2D eigenvalue weighted by atomic mass is 16.5. The molecule has 0 N–H and O–H groups in total. The Bertz CT molecular complexity index is 568. The van der Waals surface area contributed by atoms with Crippen LogP contribution in [0, 0.1) is 5.92 Å². The van der Waals surface area contributed by atoms with E-state index >= 15 is 0 Å². The average Bonchev–Trinajstić information content (AvgIpc) is 2.85. The van der Waals surface area contributed by atoms with Crippen molar-refractivity contribution in [3.8, 4) is 0 Å². The van der Waals surface area contributed by atoms with Gasteiger partial charge < -0.3 is 4.74 Å². The van der Waals surface area contributed by atoms with Crippen molar-refractivity contribution in [2.45, 2.75) is 155 Å². The van der Waals surface area contributed by atoms with Gasteiger partial charge in [0.1, 0.15) is 6.10 Å². The fraction of sp³-hybridized carbons (Fsp3) is 0.781. The van der Waals surface area contributed by atoms with E-state index in [1.807, 2.05) is 37.3 Å². The Morgan fingerprint density at radius 3 is 1.41 bits per heavy atom. The first kappa shape index (κ1) is 30.7. The largest absolute Gasteiger partial charge is 0.458 e. The molecule has 0 saturated carbocycles. The highest BCUT2D eigenvalue weighted by Gasteiger charge is 2.22. The van der Waals surface area contributed by atoms with E-state index in [4.69, 9.17) is 4.74 Å². The first-order valence-electron chi connectivity index (χ1n) is 14.9. The minimum absolute atomic E-state index is 0.0234. The van der Waals surface area contributed by atoms with E-state index in [9.17, 15) is 4.79 Å². The van der Waals surface area contributed by atoms with E-state index in [1.54, 1.807) is 0 Å². The quantitative estimate of drug-likeness (QED) is 0.117. The van der Waals surface area contributed by atoms with Crippen LogP contribution in [0.1, 0.15) is 161 Å². The van der Waals surface area contributed by atoms with Crippen LogP contribution >= 0.6 is 0 Å². The van der Waals surface area contributed by atoms with Gasteiger partial charge in [-0.15, -0.1) is 0 Å². The Morgan fingerprint density at radius 1 is 0.618 bits per heavy atom. The summed E-state index contributed by atoms with van der Waals surface area (Å²) in [6.45, 7) is 6.55. The molecule has 0 aromatic heterocycles. The van der Waals surface area contributed by atoms with Gasteiger partial charge in [0, 0.05) is 0 Å². The van der Waals surface area contributed by atoms with Crippen LogP contribution in [0.25, 0.3) is 0 Å². The molecule has 0 aliphatic rings. The molecule has 0 bridgehead atoms. The van der Waals surface area contributed by atoms with Gasteiger partial charge in [0.2, 0.25) is 0 Å². The molecule has 0 fully saturated rings. The lowest BCUT2D eigenvalue weighted by atomic mass is 9.94. The predicted octanol–water partition coefficient (Wildman–Crippen LogP) is 10.7. The van der Waals surface area contributed by atoms with Crippen molar-refractivity contribution in [3.63, 3.8) is 0 Å². The van der Waals surface area contributed by atoms with Crippen molar-refractivity contribution in [1.29, 1.82) is 0 Å². The van der Waals surface area contributed by atoms with Gasteiger partial charge in [-0.05, 0) is 25.3 Å². The summed E-state index contributed by atoms with van der Waals surface area (Å²) >= 11 is 0. The van der Waals surface area contributed by atoms with E-state index in [2.05, 4.69) is 13.8 Å². The Kier molecular flexibility index (Phi) is 20.0. The third kappa shape index (κ3) is 16.3. The van der Waals surface area contributed by atoms with Crippen LogP contribution < -0.4 is 0 Å². The molecule has 0 spiro atoms. The lowest BCUT2D eigenvalue weighted by molar-refractivity contribution is -0.154. The summed E-state index contributed by atoms with van der Waals surface area (Å²) in [5.74, 6) is 0.0931. The predicted molar refractivity (Wildman–Crippen MR) is 148 cm³/mol. The minimum atomic E-state index is -0.164. The van der Waals surface area contributed by atoms with Crippen LogP contribution in [0.2, 0.25) is 0 Å². The van der Waals surface area contributed by atoms with E-state index < -0.39 is 0 Å². The molecule has 0 radical (unpaired) electrons. The third-order valence-electron chi connectivity index (χ3n) is 7.21. The number of rotatable bonds is 23. The highest BCUT2D eigenvalue weighted by Crippen LogP contribution is 2.24. The lowest BCUT2D eigenvalue weighted by Gasteiger charge is -2.20. The molecule has 34 heavy (non-hydrogen) atoms. The van der Waals surface area contributed by atoms with Crippen molar-refractivity contribution in [3.05, 3.63) is 35.9 Å². The number of hydrogen-bond acceptors (Lipinski definition) is 2. The molecule has 196 valence electrons. The van der Waals surface area contributed by atoms with Crippen LogP contribution in [0.4, 0.5) is 0 Å². The van der Waals surface area contributed by atoms with Crippen LogP contribution in [0.15, 0.2) is 30.3 Å². The number of esters is 1. The number of unbranched alkanes of at least 4 members (excludes halogenated alkanes) is 16. The van der Waals surface area contributed by atoms with Crippen LogP contribution in [-0.4, -0.2) is 5.97 Å². The molecule has 2 nitrogen and oxygen atoms in total. The van der Waals surface area contributed by atoms with Gasteiger partial charge in [-0.25, -0.2) is 0 Å². The number of carbonyl (C=O) groups is 1. The first-order valence-corrected chi connectivity index (χ1v) is 14.9. The molecule has 1 aromatic carbocycles. The topological polar surface area (TPSA) is 26.3 Å². The molecule has 2 unspecified atom stereocenters. The fourth-order valence-corrected chi connectivity index (χ4v) is 4.85. The summed E-state index contributed by atoms with van der Waals surface area (Å²) in [5.41, 5.74) is 1.08. The summed E-state index contributed by atoms with van der Waals surface area (Å²) in [7, 11) is 0. The number of carbonyl (C=O) groups excluding carboxylic acids is 1. The highest BCUT2D eigenvalue weighted by molar-refractivity contribution is 5.72. The van der Waals surface area contributed by atoms with Gasteiger partial charge in [-0.3, -0.25) is 4.79 Å². The summed E-state index contributed by atoms with van der Waals surface area (Å²) < 4.78 is 5.92. The summed E-state index contributed by atoms with van der Waals surface area (Å²) in [5, 5.41) is 0. The fourth-order valence-electron chi connectivity index (χ4n) is 4.85. The maximum Gasteiger partial charge on any atom is 0.309 e. The zero-order valence-corrected chi connectivity index (χ0v) is 23.0. The second-order valence-electron chi connectivity index (χ2n) is 10.4. The Labute approximate surface area is 212 Å². The molecular formula is C32H56O2. The molecule has 0 heterocycles. The summed E-state index contributed by atoms with van der Waals surface area (Å²) in [4.78, 5) is 13.0. The van der Waals surface area contributed by atoms with Gasteiger partial charge in [0.25, 0.3) is 0 Å². The monoisotopic (exact) mass is 472 g/mol. The molecule has 0 amide bonds. The molecule has 0 aliphatic carbocycles. The molecule has 0 saturated heterocycles. The molecule has 2 heteroatoms. The van der Waals surface area contributed by atoms with Crippen LogP contribution in [0.3, 0.4) is 0 Å². The van der Waals surface area contributed by atoms with Crippen molar-refractivity contribution in [2.24, 2.45) is 5.92 Å². The van der Waals surface area contributed by atoms with Crippen LogP contribution in [-0.2, 0) is 9.53 Å². The zero-order chi connectivity index (χ0) is 24.7. The van der Waals surface area contributed by atoms with E-state index in [-0.39, 0.29) is 18.0 Å². The van der Waals surface area contributed by atoms with Crippen molar-refractivity contribution >= 4 is 5.97 Å². The van der Waals surface area contributed by atoms with Gasteiger partial charge in [0.05, 0.1) is 5.92 Å². The van der Waals surface area contributed by atoms with Crippen molar-refractivity contribution in [2.75, 3.05) is 0 Å². The van der Waals surface area contributed by atoms with Gasteiger partial charge in [-0.1, -0.05) is 160 Å². The van der Waals surface area contributed by atoms with Gasteiger partial charge >= 0.3 is 5.97 Å². The van der Waals surface area contributed by atoms with Gasteiger partial charge in [0.15, 0.2) is 0 Å². The van der Waals surface area contributed by atoms with Crippen molar-refractivity contribution < 1.29 is 9.53 Å². The first-order chi connectivity index (χ1) is 16.7. The SMILES string of the molecule is CCCCCCCCCCCCC(CCCCCCCCCC)C(=O)OC(C)c1ccccc1. The maximum atomic E-state index is 13.0. The maximum absolute atomic E-state index is 13.0. The Balaban J connectivity index is 2.33. The second kappa shape index (κ2) is 22.2. The summed E-state index contributed by atoms with van der Waals surface area (Å²) in [6, 6.07) is 10.1. The minimum Gasteiger partial charge on any atom is -0.458 e. The standard InChI is InChI=1S/C32H56O2/c1-4-6-8-10-12-14-15-17-19-22-28-31(27-21-18-16-13-11-9-7-5-2)32(33)34-29(3)30-25-23-20-24-26-30/h20,23-26,29,31H,4-19,21-22,27-28H2,1-3H3. The Morgan fingerprint density at radius 2 is 1.00 bits per heavy atom. The van der Waals surface area contributed by atoms with E-state index in [0.717, 1.165) is 31.2 Å². The van der Waals surface area contributed by atoms with E-state index in [1.165, 1.54) is 103 Å². The normalized spacial score (nSPS) is 13.0. The average molecular weight is 473 g/mol. The zero-order valence-electron chi connectivity index (χ0n) is 23.0. The molecule has 1 aromatic rings. The smallest absolute Gasteiger partial charge is 0.309 e. The molecular weight excluding hydrogens is 416 g/mol. The summed E-state index contributed by atoms with van der Waals surface area (Å²) in [6.07, 6.45) is 25.7. The lowest BCUT2D eigenvalue weighted by Crippen LogP contribution is -2.20. The number of benzene rings is 1. The molecule has 1 rings (SSSR count). The van der Waals surface area contributed by atoms with Gasteiger partial charge in [-0.2, -0.15) is 0 Å².